The van der Waals surface area contributed by atoms with Crippen molar-refractivity contribution in [2.45, 2.75) is 46.2 Å². The monoisotopic (exact) mass is 428 g/mol. The van der Waals surface area contributed by atoms with E-state index in [-0.39, 0.29) is 18.2 Å². The Morgan fingerprint density at radius 1 is 0.812 bits per heavy atom. The second-order valence-corrected chi connectivity index (χ2v) is 8.28. The van der Waals surface area contributed by atoms with Crippen LogP contribution in [0.3, 0.4) is 0 Å². The molecule has 0 aliphatic rings. The summed E-state index contributed by atoms with van der Waals surface area (Å²) >= 11 is 0. The van der Waals surface area contributed by atoms with Crippen LogP contribution in [0.15, 0.2) is 78.9 Å². The minimum Gasteiger partial charge on any atom is -0.355 e. The lowest BCUT2D eigenvalue weighted by atomic mass is 10.0. The van der Waals surface area contributed by atoms with E-state index in [1.165, 1.54) is 0 Å². The summed E-state index contributed by atoms with van der Waals surface area (Å²) in [7, 11) is 0. The maximum atomic E-state index is 13.6. The number of benzene rings is 3. The highest BCUT2D eigenvalue weighted by atomic mass is 16.2. The van der Waals surface area contributed by atoms with E-state index in [0.29, 0.717) is 19.5 Å². The third-order valence-corrected chi connectivity index (χ3v) is 5.45. The van der Waals surface area contributed by atoms with E-state index in [2.05, 4.69) is 11.4 Å². The van der Waals surface area contributed by atoms with Gasteiger partial charge in [0.2, 0.25) is 11.8 Å². The Labute approximate surface area is 191 Å². The van der Waals surface area contributed by atoms with Crippen LogP contribution in [-0.4, -0.2) is 29.3 Å². The zero-order valence-corrected chi connectivity index (χ0v) is 19.2. The van der Waals surface area contributed by atoms with E-state index in [9.17, 15) is 9.59 Å². The van der Waals surface area contributed by atoms with Gasteiger partial charge in [-0.05, 0) is 37.5 Å². The van der Waals surface area contributed by atoms with Crippen LogP contribution in [0.1, 0.15) is 34.7 Å². The SMILES string of the molecule is CCNC(=O)[C@@H](Cc1ccccc1)N(Cc1ccccc1)C(=O)Cc1cc(C)cc(C)c1. The summed E-state index contributed by atoms with van der Waals surface area (Å²) < 4.78 is 0. The molecule has 1 N–H and O–H groups in total. The molecule has 0 fully saturated rings. The lowest BCUT2D eigenvalue weighted by Crippen LogP contribution is -2.50. The molecular weight excluding hydrogens is 396 g/mol. The van der Waals surface area contributed by atoms with Gasteiger partial charge in [0, 0.05) is 19.5 Å². The highest BCUT2D eigenvalue weighted by molar-refractivity contribution is 5.88. The average Bonchev–Trinajstić information content (AvgIpc) is 2.77. The Balaban J connectivity index is 1.95. The second-order valence-electron chi connectivity index (χ2n) is 8.28. The Hall–Kier alpha value is -3.40. The molecule has 0 radical (unpaired) electrons. The first-order chi connectivity index (χ1) is 15.5. The summed E-state index contributed by atoms with van der Waals surface area (Å²) in [5, 5.41) is 2.94. The first-order valence-electron chi connectivity index (χ1n) is 11.2. The van der Waals surface area contributed by atoms with Gasteiger partial charge in [0.15, 0.2) is 0 Å². The molecule has 0 aromatic heterocycles. The quantitative estimate of drug-likeness (QED) is 0.541. The molecular formula is C28H32N2O2. The van der Waals surface area contributed by atoms with E-state index in [4.69, 9.17) is 0 Å². The predicted molar refractivity (Wildman–Crippen MR) is 129 cm³/mol. The maximum absolute atomic E-state index is 13.6. The number of hydrogen-bond donors (Lipinski definition) is 1. The van der Waals surface area contributed by atoms with Gasteiger partial charge >= 0.3 is 0 Å². The van der Waals surface area contributed by atoms with Crippen molar-refractivity contribution in [1.82, 2.24) is 10.2 Å². The van der Waals surface area contributed by atoms with Crippen molar-refractivity contribution in [3.8, 4) is 0 Å². The van der Waals surface area contributed by atoms with E-state index in [0.717, 1.165) is 27.8 Å². The van der Waals surface area contributed by atoms with Gasteiger partial charge in [-0.1, -0.05) is 90.0 Å². The summed E-state index contributed by atoms with van der Waals surface area (Å²) in [5.74, 6) is -0.174. The zero-order valence-electron chi connectivity index (χ0n) is 19.2. The molecule has 2 amide bonds. The topological polar surface area (TPSA) is 49.4 Å². The van der Waals surface area contributed by atoms with Crippen molar-refractivity contribution in [3.05, 3.63) is 107 Å². The second kappa shape index (κ2) is 11.3. The fraction of sp³-hybridized carbons (Fsp3) is 0.286. The molecule has 0 unspecified atom stereocenters. The van der Waals surface area contributed by atoms with E-state index < -0.39 is 6.04 Å². The van der Waals surface area contributed by atoms with Crippen molar-refractivity contribution >= 4 is 11.8 Å². The largest absolute Gasteiger partial charge is 0.355 e. The Morgan fingerprint density at radius 2 is 1.38 bits per heavy atom. The fourth-order valence-electron chi connectivity index (χ4n) is 4.07. The molecule has 3 rings (SSSR count). The van der Waals surface area contributed by atoms with Gasteiger partial charge in [-0.25, -0.2) is 0 Å². The number of carbonyl (C=O) groups excluding carboxylic acids is 2. The molecule has 166 valence electrons. The van der Waals surface area contributed by atoms with Crippen LogP contribution in [0, 0.1) is 13.8 Å². The zero-order chi connectivity index (χ0) is 22.9. The number of hydrogen-bond acceptors (Lipinski definition) is 2. The van der Waals surface area contributed by atoms with Crippen molar-refractivity contribution in [1.29, 1.82) is 0 Å². The third kappa shape index (κ3) is 6.55. The van der Waals surface area contributed by atoms with Crippen molar-refractivity contribution in [3.63, 3.8) is 0 Å². The summed E-state index contributed by atoms with van der Waals surface area (Å²) in [6, 6.07) is 25.3. The molecule has 32 heavy (non-hydrogen) atoms. The Bertz CT molecular complexity index is 1010. The summed E-state index contributed by atoms with van der Waals surface area (Å²) in [6.07, 6.45) is 0.734. The molecule has 3 aromatic carbocycles. The molecule has 0 saturated heterocycles. The Morgan fingerprint density at radius 3 is 1.94 bits per heavy atom. The number of carbonyl (C=O) groups is 2. The third-order valence-electron chi connectivity index (χ3n) is 5.45. The van der Waals surface area contributed by atoms with Crippen LogP contribution in [0.25, 0.3) is 0 Å². The molecule has 1 atom stereocenters. The van der Waals surface area contributed by atoms with Crippen molar-refractivity contribution in [2.75, 3.05) is 6.54 Å². The molecule has 0 heterocycles. The lowest BCUT2D eigenvalue weighted by molar-refractivity contribution is -0.140. The van der Waals surface area contributed by atoms with Crippen LogP contribution in [0.5, 0.6) is 0 Å². The highest BCUT2D eigenvalue weighted by Crippen LogP contribution is 2.17. The first kappa shape index (κ1) is 23.3. The van der Waals surface area contributed by atoms with Gasteiger partial charge < -0.3 is 10.2 Å². The van der Waals surface area contributed by atoms with E-state index in [1.807, 2.05) is 93.6 Å². The molecule has 4 heteroatoms. The van der Waals surface area contributed by atoms with Crippen molar-refractivity contribution in [2.24, 2.45) is 0 Å². The van der Waals surface area contributed by atoms with Gasteiger partial charge in [-0.3, -0.25) is 9.59 Å². The number of rotatable bonds is 9. The summed E-state index contributed by atoms with van der Waals surface area (Å²) in [6.45, 7) is 6.88. The molecule has 3 aromatic rings. The maximum Gasteiger partial charge on any atom is 0.243 e. The normalized spacial score (nSPS) is 11.6. The summed E-state index contributed by atoms with van der Waals surface area (Å²) in [5.41, 5.74) is 5.27. The van der Waals surface area contributed by atoms with Gasteiger partial charge in [-0.2, -0.15) is 0 Å². The van der Waals surface area contributed by atoms with Crippen molar-refractivity contribution < 1.29 is 9.59 Å². The number of likely N-dealkylation sites (N-methyl/N-ethyl adjacent to an activating group) is 1. The molecule has 0 saturated carbocycles. The average molecular weight is 429 g/mol. The van der Waals surface area contributed by atoms with E-state index in [1.54, 1.807) is 4.90 Å². The smallest absolute Gasteiger partial charge is 0.243 e. The molecule has 0 aliphatic carbocycles. The fourth-order valence-corrected chi connectivity index (χ4v) is 4.07. The van der Waals surface area contributed by atoms with Crippen LogP contribution < -0.4 is 5.32 Å². The van der Waals surface area contributed by atoms with Gasteiger partial charge in [-0.15, -0.1) is 0 Å². The highest BCUT2D eigenvalue weighted by Gasteiger charge is 2.30. The summed E-state index contributed by atoms with van der Waals surface area (Å²) in [4.78, 5) is 28.5. The van der Waals surface area contributed by atoms with E-state index >= 15 is 0 Å². The van der Waals surface area contributed by atoms with Crippen LogP contribution >= 0.6 is 0 Å². The molecule has 4 nitrogen and oxygen atoms in total. The standard InChI is InChI=1S/C28H32N2O2/c1-4-29-28(32)26(18-23-11-7-5-8-12-23)30(20-24-13-9-6-10-14-24)27(31)19-25-16-21(2)15-22(3)17-25/h5-17,26H,4,18-20H2,1-3H3,(H,29,32)/t26-/m1/s1. The van der Waals surface area contributed by atoms with Gasteiger partial charge in [0.25, 0.3) is 0 Å². The minimum atomic E-state index is -0.587. The minimum absolute atomic E-state index is 0.0500. The molecule has 0 spiro atoms. The number of aryl methyl sites for hydroxylation is 2. The van der Waals surface area contributed by atoms with Crippen LogP contribution in [-0.2, 0) is 29.0 Å². The molecule has 0 bridgehead atoms. The number of amides is 2. The van der Waals surface area contributed by atoms with Crippen LogP contribution in [0.4, 0.5) is 0 Å². The Kier molecular flexibility index (Phi) is 8.20. The lowest BCUT2D eigenvalue weighted by Gasteiger charge is -2.31. The van der Waals surface area contributed by atoms with Gasteiger partial charge in [0.05, 0.1) is 6.42 Å². The number of nitrogens with one attached hydrogen (secondary N) is 1. The predicted octanol–water partition coefficient (Wildman–Crippen LogP) is 4.62. The molecule has 0 aliphatic heterocycles. The van der Waals surface area contributed by atoms with Gasteiger partial charge in [0.1, 0.15) is 6.04 Å². The first-order valence-corrected chi connectivity index (χ1v) is 11.2. The number of nitrogens with zero attached hydrogens (tertiary/aromatic N) is 1. The van der Waals surface area contributed by atoms with Crippen LogP contribution in [0.2, 0.25) is 0 Å².